The van der Waals surface area contributed by atoms with Crippen molar-refractivity contribution in [2.45, 2.75) is 64.1 Å². The largest absolute Gasteiger partial charge is 0.444 e. The molecule has 2 unspecified atom stereocenters. The zero-order valence-corrected chi connectivity index (χ0v) is 14.3. The summed E-state index contributed by atoms with van der Waals surface area (Å²) >= 11 is 0. The second-order valence-electron chi connectivity index (χ2n) is 8.12. The first-order valence-electron chi connectivity index (χ1n) is 8.88. The maximum absolute atomic E-state index is 12.3. The van der Waals surface area contributed by atoms with Crippen LogP contribution in [0.2, 0.25) is 0 Å². The van der Waals surface area contributed by atoms with Gasteiger partial charge in [0.05, 0.1) is 0 Å². The van der Waals surface area contributed by atoms with Crippen molar-refractivity contribution < 1.29 is 9.53 Å². The summed E-state index contributed by atoms with van der Waals surface area (Å²) in [6.45, 7) is 11.3. The quantitative estimate of drug-likeness (QED) is 0.867. The number of hydrogen-bond acceptors (Lipinski definition) is 4. The molecule has 0 aromatic carbocycles. The van der Waals surface area contributed by atoms with Crippen molar-refractivity contribution in [3.05, 3.63) is 0 Å². The van der Waals surface area contributed by atoms with Crippen LogP contribution in [-0.2, 0) is 4.74 Å². The van der Waals surface area contributed by atoms with Crippen LogP contribution in [0.25, 0.3) is 0 Å². The van der Waals surface area contributed by atoms with Gasteiger partial charge in [0.1, 0.15) is 5.60 Å². The molecule has 4 saturated heterocycles. The van der Waals surface area contributed by atoms with Crippen LogP contribution in [-0.4, -0.2) is 66.3 Å². The molecule has 4 aliphatic rings. The van der Waals surface area contributed by atoms with E-state index >= 15 is 0 Å². The molecule has 2 atom stereocenters. The Kier molecular flexibility index (Phi) is 4.64. The first-order valence-corrected chi connectivity index (χ1v) is 8.88. The molecule has 4 heterocycles. The standard InChI is InChI=1S/C17H31N3O2/c1-17(2,3)22-16(21)20-8-4-5-14(20)11-18-15-12-19-9-6-13(15)7-10-19/h13-15,18H,4-12H2,1-3H3. The SMILES string of the molecule is CC(C)(C)OC(=O)N1CCCC1CNC1CN2CCC1CC2. The molecule has 22 heavy (non-hydrogen) atoms. The summed E-state index contributed by atoms with van der Waals surface area (Å²) < 4.78 is 5.54. The van der Waals surface area contributed by atoms with E-state index in [4.69, 9.17) is 4.74 Å². The lowest BCUT2D eigenvalue weighted by Gasteiger charge is -2.45. The number of piperidine rings is 3. The van der Waals surface area contributed by atoms with Crippen molar-refractivity contribution in [3.63, 3.8) is 0 Å². The van der Waals surface area contributed by atoms with Crippen molar-refractivity contribution in [1.29, 1.82) is 0 Å². The van der Waals surface area contributed by atoms with Gasteiger partial charge in [-0.15, -0.1) is 0 Å². The molecule has 1 amide bonds. The molecule has 126 valence electrons. The number of likely N-dealkylation sites (tertiary alicyclic amines) is 1. The summed E-state index contributed by atoms with van der Waals surface area (Å²) in [5.74, 6) is 0.835. The van der Waals surface area contributed by atoms with Crippen LogP contribution in [0.5, 0.6) is 0 Å². The normalized spacial score (nSPS) is 35.0. The van der Waals surface area contributed by atoms with Crippen molar-refractivity contribution in [2.75, 3.05) is 32.7 Å². The van der Waals surface area contributed by atoms with E-state index in [0.29, 0.717) is 12.1 Å². The molecule has 4 rings (SSSR count). The van der Waals surface area contributed by atoms with E-state index in [9.17, 15) is 4.79 Å². The minimum atomic E-state index is -0.409. The molecule has 0 aliphatic carbocycles. The van der Waals surface area contributed by atoms with Crippen molar-refractivity contribution in [1.82, 2.24) is 15.1 Å². The number of nitrogens with zero attached hydrogens (tertiary/aromatic N) is 2. The van der Waals surface area contributed by atoms with Crippen LogP contribution < -0.4 is 5.32 Å². The number of nitrogens with one attached hydrogen (secondary N) is 1. The van der Waals surface area contributed by atoms with E-state index < -0.39 is 5.60 Å². The Hall–Kier alpha value is -0.810. The van der Waals surface area contributed by atoms with E-state index in [-0.39, 0.29) is 6.09 Å². The maximum atomic E-state index is 12.3. The summed E-state index contributed by atoms with van der Waals surface area (Å²) in [7, 11) is 0. The first kappa shape index (κ1) is 16.1. The highest BCUT2D eigenvalue weighted by molar-refractivity contribution is 5.69. The molecule has 5 heteroatoms. The highest BCUT2D eigenvalue weighted by Gasteiger charge is 2.36. The Morgan fingerprint density at radius 2 is 1.91 bits per heavy atom. The monoisotopic (exact) mass is 309 g/mol. The summed E-state index contributed by atoms with van der Waals surface area (Å²) in [6, 6.07) is 0.911. The fourth-order valence-electron chi connectivity index (χ4n) is 4.09. The lowest BCUT2D eigenvalue weighted by molar-refractivity contribution is 0.0210. The van der Waals surface area contributed by atoms with Crippen LogP contribution in [0.4, 0.5) is 4.79 Å². The summed E-state index contributed by atoms with van der Waals surface area (Å²) in [6.07, 6.45) is 4.70. The van der Waals surface area contributed by atoms with Crippen molar-refractivity contribution in [3.8, 4) is 0 Å². The van der Waals surface area contributed by atoms with Gasteiger partial charge in [0.2, 0.25) is 0 Å². The van der Waals surface area contributed by atoms with Gasteiger partial charge in [-0.3, -0.25) is 0 Å². The smallest absolute Gasteiger partial charge is 0.410 e. The Morgan fingerprint density at radius 1 is 1.18 bits per heavy atom. The van der Waals surface area contributed by atoms with E-state index in [1.807, 2.05) is 25.7 Å². The first-order chi connectivity index (χ1) is 10.4. The third-order valence-electron chi connectivity index (χ3n) is 5.28. The number of carbonyl (C=O) groups excluding carboxylic acids is 1. The van der Waals surface area contributed by atoms with E-state index in [1.165, 1.54) is 32.5 Å². The average Bonchev–Trinajstić information content (AvgIpc) is 2.93. The van der Waals surface area contributed by atoms with E-state index in [1.54, 1.807) is 0 Å². The van der Waals surface area contributed by atoms with Crippen LogP contribution in [0, 0.1) is 5.92 Å². The van der Waals surface area contributed by atoms with Gasteiger partial charge in [-0.2, -0.15) is 0 Å². The summed E-state index contributed by atoms with van der Waals surface area (Å²) in [5.41, 5.74) is -0.409. The Labute approximate surface area is 134 Å². The minimum Gasteiger partial charge on any atom is -0.444 e. The zero-order valence-electron chi connectivity index (χ0n) is 14.3. The molecular formula is C17H31N3O2. The van der Waals surface area contributed by atoms with Gasteiger partial charge in [-0.1, -0.05) is 0 Å². The Bertz CT molecular complexity index is 399. The molecule has 2 bridgehead atoms. The third kappa shape index (κ3) is 3.74. The molecule has 5 nitrogen and oxygen atoms in total. The molecule has 1 N–H and O–H groups in total. The van der Waals surface area contributed by atoms with Gasteiger partial charge >= 0.3 is 6.09 Å². The molecule has 0 aromatic heterocycles. The van der Waals surface area contributed by atoms with Gasteiger partial charge in [0.25, 0.3) is 0 Å². The number of rotatable bonds is 3. The zero-order chi connectivity index (χ0) is 15.7. The van der Waals surface area contributed by atoms with Gasteiger partial charge in [-0.05, 0) is 65.5 Å². The molecule has 0 radical (unpaired) electrons. The van der Waals surface area contributed by atoms with Crippen LogP contribution in [0.15, 0.2) is 0 Å². The fraction of sp³-hybridized carbons (Fsp3) is 0.941. The van der Waals surface area contributed by atoms with Crippen molar-refractivity contribution in [2.24, 2.45) is 5.92 Å². The lowest BCUT2D eigenvalue weighted by Crippen LogP contribution is -2.57. The molecule has 0 aromatic rings. The number of ether oxygens (including phenoxy) is 1. The predicted molar refractivity (Wildman–Crippen MR) is 86.9 cm³/mol. The highest BCUT2D eigenvalue weighted by atomic mass is 16.6. The topological polar surface area (TPSA) is 44.8 Å². The third-order valence-corrected chi connectivity index (χ3v) is 5.28. The highest BCUT2D eigenvalue weighted by Crippen LogP contribution is 2.28. The lowest BCUT2D eigenvalue weighted by atomic mass is 9.84. The van der Waals surface area contributed by atoms with Gasteiger partial charge < -0.3 is 19.9 Å². The van der Waals surface area contributed by atoms with Crippen LogP contribution >= 0.6 is 0 Å². The van der Waals surface area contributed by atoms with E-state index in [0.717, 1.165) is 31.8 Å². The van der Waals surface area contributed by atoms with Crippen LogP contribution in [0.3, 0.4) is 0 Å². The average molecular weight is 309 g/mol. The van der Waals surface area contributed by atoms with Gasteiger partial charge in [-0.25, -0.2) is 4.79 Å². The molecule has 4 fully saturated rings. The molecule has 0 spiro atoms. The number of hydrogen-bond donors (Lipinski definition) is 1. The minimum absolute atomic E-state index is 0.147. The molecule has 0 saturated carbocycles. The van der Waals surface area contributed by atoms with Gasteiger partial charge in [0, 0.05) is 31.7 Å². The molecule has 4 aliphatic heterocycles. The molecular weight excluding hydrogens is 278 g/mol. The fourth-order valence-corrected chi connectivity index (χ4v) is 4.09. The Balaban J connectivity index is 1.50. The number of fused-ring (bicyclic) bond motifs is 3. The summed E-state index contributed by atoms with van der Waals surface area (Å²) in [4.78, 5) is 16.8. The predicted octanol–water partition coefficient (Wildman–Crippen LogP) is 2.07. The summed E-state index contributed by atoms with van der Waals surface area (Å²) in [5, 5.41) is 3.75. The maximum Gasteiger partial charge on any atom is 0.410 e. The number of amides is 1. The second kappa shape index (κ2) is 6.36. The van der Waals surface area contributed by atoms with E-state index in [2.05, 4.69) is 10.2 Å². The van der Waals surface area contributed by atoms with Crippen molar-refractivity contribution >= 4 is 6.09 Å². The van der Waals surface area contributed by atoms with Crippen LogP contribution in [0.1, 0.15) is 46.5 Å². The Morgan fingerprint density at radius 3 is 2.50 bits per heavy atom. The van der Waals surface area contributed by atoms with Gasteiger partial charge in [0.15, 0.2) is 0 Å². The number of carbonyl (C=O) groups is 1. The second-order valence-corrected chi connectivity index (χ2v) is 8.12.